The maximum atomic E-state index is 13.6. The third-order valence-corrected chi connectivity index (χ3v) is 3.05. The fourth-order valence-corrected chi connectivity index (χ4v) is 1.99. The molecule has 1 aromatic rings. The summed E-state index contributed by atoms with van der Waals surface area (Å²) in [5, 5.41) is 8.73. The van der Waals surface area contributed by atoms with Crippen LogP contribution in [0.1, 0.15) is 32.8 Å². The third kappa shape index (κ3) is 4.81. The van der Waals surface area contributed by atoms with Crippen LogP contribution in [0.5, 0.6) is 0 Å². The fourth-order valence-electron chi connectivity index (χ4n) is 1.99. The molecule has 0 aromatic heterocycles. The number of nitrogens with zero attached hydrogens (tertiary/aromatic N) is 1. The first-order valence-corrected chi connectivity index (χ1v) is 6.58. The molecule has 6 heteroatoms. The Hall–Kier alpha value is -1.98. The lowest BCUT2D eigenvalue weighted by molar-refractivity contribution is -0.140. The summed E-state index contributed by atoms with van der Waals surface area (Å²) in [5.74, 6) is -3.10. The number of aliphatic carboxylic acids is 1. The lowest BCUT2D eigenvalue weighted by atomic mass is 10.0. The van der Waals surface area contributed by atoms with Crippen LogP contribution in [0.2, 0.25) is 0 Å². The van der Waals surface area contributed by atoms with Crippen molar-refractivity contribution < 1.29 is 23.5 Å². The zero-order chi connectivity index (χ0) is 16.2. The zero-order valence-electron chi connectivity index (χ0n) is 12.3. The first-order chi connectivity index (χ1) is 9.62. The third-order valence-electron chi connectivity index (χ3n) is 3.05. The van der Waals surface area contributed by atoms with Crippen LogP contribution in [-0.4, -0.2) is 34.0 Å². The van der Waals surface area contributed by atoms with Gasteiger partial charge in [0.05, 0.1) is 12.8 Å². The van der Waals surface area contributed by atoms with Gasteiger partial charge >= 0.3 is 5.97 Å². The molecule has 0 unspecified atom stereocenters. The van der Waals surface area contributed by atoms with Crippen LogP contribution in [0.25, 0.3) is 0 Å². The second-order valence-corrected chi connectivity index (χ2v) is 5.74. The van der Waals surface area contributed by atoms with E-state index in [4.69, 9.17) is 5.11 Å². The van der Waals surface area contributed by atoms with Crippen molar-refractivity contribution in [3.63, 3.8) is 0 Å². The summed E-state index contributed by atoms with van der Waals surface area (Å²) in [6.45, 7) is 5.22. The van der Waals surface area contributed by atoms with Crippen LogP contribution >= 0.6 is 0 Å². The number of carbonyl (C=O) groups is 2. The molecule has 1 rings (SSSR count). The van der Waals surface area contributed by atoms with E-state index in [1.165, 1.54) is 11.0 Å². The minimum absolute atomic E-state index is 0.00621. The lowest BCUT2D eigenvalue weighted by Crippen LogP contribution is -2.47. The van der Waals surface area contributed by atoms with E-state index in [2.05, 4.69) is 0 Å². The van der Waals surface area contributed by atoms with E-state index in [9.17, 15) is 18.4 Å². The maximum Gasteiger partial charge on any atom is 0.305 e. The molecule has 1 N–H and O–H groups in total. The summed E-state index contributed by atoms with van der Waals surface area (Å²) in [6, 6.07) is 3.40. The standard InChI is InChI=1S/C15H19F2NO3/c1-15(2,3)18(8-7-14(20)21)13(19)9-10-11(16)5-4-6-12(10)17/h4-6H,7-9H2,1-3H3,(H,20,21). The van der Waals surface area contributed by atoms with Crippen LogP contribution in [0.3, 0.4) is 0 Å². The summed E-state index contributed by atoms with van der Waals surface area (Å²) in [4.78, 5) is 24.3. The van der Waals surface area contributed by atoms with E-state index in [0.29, 0.717) is 0 Å². The number of carboxylic acid groups (broad SMARTS) is 1. The molecule has 0 spiro atoms. The van der Waals surface area contributed by atoms with Gasteiger partial charge in [-0.3, -0.25) is 9.59 Å². The van der Waals surface area contributed by atoms with Crippen LogP contribution in [0.15, 0.2) is 18.2 Å². The monoisotopic (exact) mass is 299 g/mol. The molecule has 0 aliphatic rings. The molecular formula is C15H19F2NO3. The average Bonchev–Trinajstić information content (AvgIpc) is 2.32. The first kappa shape index (κ1) is 17.1. The largest absolute Gasteiger partial charge is 0.481 e. The second kappa shape index (κ2) is 6.65. The summed E-state index contributed by atoms with van der Waals surface area (Å²) < 4.78 is 27.2. The molecule has 0 bridgehead atoms. The number of hydrogen-bond donors (Lipinski definition) is 1. The number of carboxylic acids is 1. The molecule has 0 saturated carbocycles. The normalized spacial score (nSPS) is 11.3. The van der Waals surface area contributed by atoms with Crippen LogP contribution in [0.4, 0.5) is 8.78 Å². The van der Waals surface area contributed by atoms with Crippen LogP contribution in [0, 0.1) is 11.6 Å². The molecule has 1 aromatic carbocycles. The van der Waals surface area contributed by atoms with Gasteiger partial charge in [-0.25, -0.2) is 8.78 Å². The Bertz CT molecular complexity index is 518. The Morgan fingerprint density at radius 2 is 1.71 bits per heavy atom. The van der Waals surface area contributed by atoms with E-state index < -0.39 is 35.5 Å². The van der Waals surface area contributed by atoms with Crippen molar-refractivity contribution in [2.24, 2.45) is 0 Å². The van der Waals surface area contributed by atoms with Crippen molar-refractivity contribution >= 4 is 11.9 Å². The highest BCUT2D eigenvalue weighted by molar-refractivity contribution is 5.80. The maximum absolute atomic E-state index is 13.6. The lowest BCUT2D eigenvalue weighted by Gasteiger charge is -2.35. The smallest absolute Gasteiger partial charge is 0.305 e. The molecule has 0 heterocycles. The van der Waals surface area contributed by atoms with Gasteiger partial charge in [0, 0.05) is 17.6 Å². The highest BCUT2D eigenvalue weighted by Gasteiger charge is 2.28. The van der Waals surface area contributed by atoms with Crippen molar-refractivity contribution in [2.75, 3.05) is 6.54 Å². The Morgan fingerprint density at radius 3 is 2.14 bits per heavy atom. The van der Waals surface area contributed by atoms with Gasteiger partial charge in [0.1, 0.15) is 11.6 Å². The Balaban J connectivity index is 2.93. The minimum Gasteiger partial charge on any atom is -0.481 e. The van der Waals surface area contributed by atoms with Gasteiger partial charge in [0.2, 0.25) is 5.91 Å². The number of amides is 1. The highest BCUT2D eigenvalue weighted by Crippen LogP contribution is 2.19. The van der Waals surface area contributed by atoms with Gasteiger partial charge in [-0.05, 0) is 32.9 Å². The summed E-state index contributed by atoms with van der Waals surface area (Å²) in [7, 11) is 0. The summed E-state index contributed by atoms with van der Waals surface area (Å²) >= 11 is 0. The van der Waals surface area contributed by atoms with Crippen molar-refractivity contribution in [2.45, 2.75) is 39.2 Å². The number of halogens is 2. The summed E-state index contributed by atoms with van der Waals surface area (Å²) in [6.07, 6.45) is -0.655. The highest BCUT2D eigenvalue weighted by atomic mass is 19.1. The van der Waals surface area contributed by atoms with E-state index in [0.717, 1.165) is 12.1 Å². The number of hydrogen-bond acceptors (Lipinski definition) is 2. The predicted octanol–water partition coefficient (Wildman–Crippen LogP) is 2.61. The fraction of sp³-hybridized carbons (Fsp3) is 0.467. The number of rotatable bonds is 5. The van der Waals surface area contributed by atoms with Crippen molar-refractivity contribution in [3.8, 4) is 0 Å². The molecule has 0 saturated heterocycles. The van der Waals surface area contributed by atoms with Crippen molar-refractivity contribution in [3.05, 3.63) is 35.4 Å². The van der Waals surface area contributed by atoms with Gasteiger partial charge < -0.3 is 10.0 Å². The molecule has 0 aliphatic heterocycles. The molecule has 21 heavy (non-hydrogen) atoms. The van der Waals surface area contributed by atoms with Crippen molar-refractivity contribution in [1.29, 1.82) is 0 Å². The Morgan fingerprint density at radius 1 is 1.19 bits per heavy atom. The second-order valence-electron chi connectivity index (χ2n) is 5.74. The van der Waals surface area contributed by atoms with E-state index in [-0.39, 0.29) is 18.5 Å². The van der Waals surface area contributed by atoms with E-state index >= 15 is 0 Å². The SMILES string of the molecule is CC(C)(C)N(CCC(=O)O)C(=O)Cc1c(F)cccc1F. The van der Waals surface area contributed by atoms with Gasteiger partial charge in [-0.2, -0.15) is 0 Å². The molecule has 0 aliphatic carbocycles. The van der Waals surface area contributed by atoms with Gasteiger partial charge in [0.25, 0.3) is 0 Å². The molecule has 0 radical (unpaired) electrons. The number of benzene rings is 1. The Kier molecular flexibility index (Phi) is 5.41. The Labute approximate surface area is 122 Å². The van der Waals surface area contributed by atoms with Crippen LogP contribution < -0.4 is 0 Å². The van der Waals surface area contributed by atoms with E-state index in [1.54, 1.807) is 20.8 Å². The predicted molar refractivity (Wildman–Crippen MR) is 73.8 cm³/mol. The quantitative estimate of drug-likeness (QED) is 0.909. The van der Waals surface area contributed by atoms with Crippen molar-refractivity contribution in [1.82, 2.24) is 4.90 Å². The molecule has 4 nitrogen and oxygen atoms in total. The van der Waals surface area contributed by atoms with Gasteiger partial charge in [-0.1, -0.05) is 6.07 Å². The van der Waals surface area contributed by atoms with Crippen LogP contribution in [-0.2, 0) is 16.0 Å². The zero-order valence-corrected chi connectivity index (χ0v) is 12.3. The minimum atomic E-state index is -1.03. The molecule has 0 fully saturated rings. The first-order valence-electron chi connectivity index (χ1n) is 6.58. The number of carbonyl (C=O) groups excluding carboxylic acids is 1. The molecule has 0 atom stereocenters. The summed E-state index contributed by atoms with van der Waals surface area (Å²) in [5.41, 5.74) is -0.930. The van der Waals surface area contributed by atoms with E-state index in [1.807, 2.05) is 0 Å². The molecular weight excluding hydrogens is 280 g/mol. The topological polar surface area (TPSA) is 57.6 Å². The van der Waals surface area contributed by atoms with Gasteiger partial charge in [0.15, 0.2) is 0 Å². The average molecular weight is 299 g/mol. The molecule has 116 valence electrons. The molecule has 1 amide bonds. The van der Waals surface area contributed by atoms with Gasteiger partial charge in [-0.15, -0.1) is 0 Å².